The van der Waals surface area contributed by atoms with E-state index in [0.29, 0.717) is 0 Å². The van der Waals surface area contributed by atoms with Crippen LogP contribution in [0.25, 0.3) is 0 Å². The summed E-state index contributed by atoms with van der Waals surface area (Å²) in [4.78, 5) is 0. The summed E-state index contributed by atoms with van der Waals surface area (Å²) in [7, 11) is 0. The largest absolute Gasteiger partial charge is 0.393 e. The molecule has 2 heteroatoms. The van der Waals surface area contributed by atoms with Crippen molar-refractivity contribution in [3.8, 4) is 0 Å². The minimum Gasteiger partial charge on any atom is -0.393 e. The first kappa shape index (κ1) is 7.03. The van der Waals surface area contributed by atoms with Crippen molar-refractivity contribution in [3.05, 3.63) is 0 Å². The maximum atomic E-state index is 8.75. The molecular formula is C7H14O2. The van der Waals surface area contributed by atoms with Gasteiger partial charge < -0.3 is 9.84 Å². The molecule has 1 saturated heterocycles. The van der Waals surface area contributed by atoms with Gasteiger partial charge in [0.15, 0.2) is 0 Å². The smallest absolute Gasteiger partial charge is 0.0918 e. The van der Waals surface area contributed by atoms with Gasteiger partial charge in [0.05, 0.1) is 17.8 Å². The minimum absolute atomic E-state index is 0.00250. The number of hydrogen-bond donors (Lipinski definition) is 1. The summed E-state index contributed by atoms with van der Waals surface area (Å²) in [6.45, 7) is 6.13. The molecular weight excluding hydrogens is 116 g/mol. The summed E-state index contributed by atoms with van der Waals surface area (Å²) in [5.41, 5.74) is -0.249. The van der Waals surface area contributed by atoms with E-state index in [1.54, 1.807) is 0 Å². The average molecular weight is 130 g/mol. The van der Waals surface area contributed by atoms with E-state index >= 15 is 0 Å². The molecule has 1 N–H and O–H groups in total. The third-order valence-corrected chi connectivity index (χ3v) is 1.66. The molecule has 1 heterocycles. The molecule has 1 unspecified atom stereocenters. The summed E-state index contributed by atoms with van der Waals surface area (Å²) in [5.74, 6) is 0. The normalized spacial score (nSPS) is 40.0. The molecule has 0 spiro atoms. The third kappa shape index (κ3) is 1.25. The molecule has 1 rings (SSSR count). The number of hydrogen-bond acceptors (Lipinski definition) is 2. The third-order valence-electron chi connectivity index (χ3n) is 1.66. The van der Waals surface area contributed by atoms with Crippen molar-refractivity contribution < 1.29 is 9.84 Å². The molecule has 0 bridgehead atoms. The summed E-state index contributed by atoms with van der Waals surface area (Å²) >= 11 is 0. The van der Waals surface area contributed by atoms with Crippen LogP contribution in [0.5, 0.6) is 0 Å². The molecule has 0 aromatic carbocycles. The van der Waals surface area contributed by atoms with Crippen LogP contribution in [0.4, 0.5) is 0 Å². The molecule has 0 aromatic rings. The molecule has 54 valence electrons. The van der Waals surface area contributed by atoms with Crippen molar-refractivity contribution in [1.82, 2.24) is 0 Å². The van der Waals surface area contributed by atoms with Gasteiger partial charge >= 0.3 is 0 Å². The Labute approximate surface area is 55.8 Å². The van der Waals surface area contributed by atoms with E-state index in [1.807, 2.05) is 20.8 Å². The average Bonchev–Trinajstić information content (AvgIpc) is 1.61. The van der Waals surface area contributed by atoms with Gasteiger partial charge in [-0.05, 0) is 20.8 Å². The lowest BCUT2D eigenvalue weighted by atomic mass is 9.83. The summed E-state index contributed by atoms with van der Waals surface area (Å²) in [6.07, 6.45) is 0.955. The second-order valence-electron chi connectivity index (χ2n) is 3.65. The fourth-order valence-electron chi connectivity index (χ4n) is 1.65. The van der Waals surface area contributed by atoms with Crippen LogP contribution < -0.4 is 0 Å². The maximum Gasteiger partial charge on any atom is 0.0918 e. The van der Waals surface area contributed by atoms with Crippen LogP contribution in [-0.4, -0.2) is 22.9 Å². The summed E-state index contributed by atoms with van der Waals surface area (Å²) in [6, 6.07) is 0. The van der Waals surface area contributed by atoms with Gasteiger partial charge in [0.1, 0.15) is 0 Å². The molecule has 2 nitrogen and oxygen atoms in total. The molecule has 0 amide bonds. The van der Waals surface area contributed by atoms with Gasteiger partial charge in [0, 0.05) is 6.42 Å². The van der Waals surface area contributed by atoms with Crippen molar-refractivity contribution in [2.24, 2.45) is 0 Å². The van der Waals surface area contributed by atoms with Crippen molar-refractivity contribution in [3.63, 3.8) is 0 Å². The zero-order valence-corrected chi connectivity index (χ0v) is 6.27. The van der Waals surface area contributed by atoms with Crippen LogP contribution >= 0.6 is 0 Å². The predicted octanol–water partition coefficient (Wildman–Crippen LogP) is 0.936. The Morgan fingerprint density at radius 2 is 1.89 bits per heavy atom. The van der Waals surface area contributed by atoms with Crippen LogP contribution in [0.1, 0.15) is 27.2 Å². The fourth-order valence-corrected chi connectivity index (χ4v) is 1.65. The monoisotopic (exact) mass is 130 g/mol. The van der Waals surface area contributed by atoms with Gasteiger partial charge in [0.2, 0.25) is 0 Å². The standard InChI is InChI=1S/C7H14O2/c1-6(2)4-7(3,5-8)9-6/h8H,4-5H2,1-3H3. The second-order valence-corrected chi connectivity index (χ2v) is 3.65. The van der Waals surface area contributed by atoms with Crippen LogP contribution in [0, 0.1) is 0 Å². The second kappa shape index (κ2) is 1.70. The lowest BCUT2D eigenvalue weighted by molar-refractivity contribution is -0.260. The molecule has 1 aliphatic rings. The van der Waals surface area contributed by atoms with Gasteiger partial charge in [-0.2, -0.15) is 0 Å². The highest BCUT2D eigenvalue weighted by Crippen LogP contribution is 2.39. The SMILES string of the molecule is CC1(C)CC(C)(CO)O1. The Hall–Kier alpha value is -0.0800. The van der Waals surface area contributed by atoms with Gasteiger partial charge in [-0.25, -0.2) is 0 Å². The van der Waals surface area contributed by atoms with Crippen molar-refractivity contribution in [2.75, 3.05) is 6.61 Å². The van der Waals surface area contributed by atoms with Crippen LogP contribution in [0.15, 0.2) is 0 Å². The predicted molar refractivity (Wildman–Crippen MR) is 35.3 cm³/mol. The van der Waals surface area contributed by atoms with E-state index in [-0.39, 0.29) is 17.8 Å². The van der Waals surface area contributed by atoms with E-state index in [2.05, 4.69) is 0 Å². The van der Waals surface area contributed by atoms with Crippen molar-refractivity contribution >= 4 is 0 Å². The fraction of sp³-hybridized carbons (Fsp3) is 1.00. The Balaban J connectivity index is 2.41. The van der Waals surface area contributed by atoms with Gasteiger partial charge in [-0.3, -0.25) is 0 Å². The minimum atomic E-state index is -0.247. The van der Waals surface area contributed by atoms with Gasteiger partial charge in [0.25, 0.3) is 0 Å². The Morgan fingerprint density at radius 3 is 2.00 bits per heavy atom. The number of rotatable bonds is 1. The van der Waals surface area contributed by atoms with E-state index in [4.69, 9.17) is 9.84 Å². The topological polar surface area (TPSA) is 29.5 Å². The van der Waals surface area contributed by atoms with Crippen molar-refractivity contribution in [2.45, 2.75) is 38.4 Å². The molecule has 1 aliphatic heterocycles. The molecule has 0 aliphatic carbocycles. The lowest BCUT2D eigenvalue weighted by Crippen LogP contribution is -2.56. The zero-order valence-electron chi connectivity index (χ0n) is 6.27. The van der Waals surface area contributed by atoms with Crippen LogP contribution in [-0.2, 0) is 4.74 Å². The van der Waals surface area contributed by atoms with E-state index < -0.39 is 0 Å². The first-order chi connectivity index (χ1) is 3.97. The Bertz CT molecular complexity index is 110. The highest BCUT2D eigenvalue weighted by Gasteiger charge is 2.46. The Kier molecular flexibility index (Phi) is 1.33. The molecule has 0 radical (unpaired) electrons. The maximum absolute atomic E-state index is 8.75. The Morgan fingerprint density at radius 1 is 1.44 bits per heavy atom. The quantitative estimate of drug-likeness (QED) is 0.572. The van der Waals surface area contributed by atoms with E-state index in [0.717, 1.165) is 6.42 Å². The highest BCUT2D eigenvalue weighted by molar-refractivity contribution is 4.95. The van der Waals surface area contributed by atoms with Gasteiger partial charge in [-0.1, -0.05) is 0 Å². The molecule has 0 saturated carbocycles. The first-order valence-corrected chi connectivity index (χ1v) is 3.29. The first-order valence-electron chi connectivity index (χ1n) is 3.29. The molecule has 0 aromatic heterocycles. The zero-order chi connectivity index (χ0) is 7.12. The molecule has 1 atom stereocenters. The van der Waals surface area contributed by atoms with Crippen LogP contribution in [0.3, 0.4) is 0 Å². The van der Waals surface area contributed by atoms with Crippen LogP contribution in [0.2, 0.25) is 0 Å². The summed E-state index contributed by atoms with van der Waals surface area (Å²) < 4.78 is 5.41. The van der Waals surface area contributed by atoms with Gasteiger partial charge in [-0.15, -0.1) is 0 Å². The molecule has 9 heavy (non-hydrogen) atoms. The van der Waals surface area contributed by atoms with Crippen molar-refractivity contribution in [1.29, 1.82) is 0 Å². The van der Waals surface area contributed by atoms with E-state index in [9.17, 15) is 0 Å². The molecule has 1 fully saturated rings. The van der Waals surface area contributed by atoms with E-state index in [1.165, 1.54) is 0 Å². The number of aliphatic hydroxyl groups excluding tert-OH is 1. The highest BCUT2D eigenvalue weighted by atomic mass is 16.6. The number of aliphatic hydroxyl groups is 1. The number of ether oxygens (including phenoxy) is 1. The lowest BCUT2D eigenvalue weighted by Gasteiger charge is -2.50. The summed E-state index contributed by atoms with van der Waals surface area (Å²) in [5, 5.41) is 8.75.